The Morgan fingerprint density at radius 2 is 2.00 bits per heavy atom. The number of amides is 1. The fourth-order valence-electron chi connectivity index (χ4n) is 1.59. The van der Waals surface area contributed by atoms with E-state index in [1.807, 2.05) is 52.0 Å². The highest BCUT2D eigenvalue weighted by Gasteiger charge is 2.11. The highest BCUT2D eigenvalue weighted by atomic mass is 16.5. The zero-order valence-electron chi connectivity index (χ0n) is 13.1. The molecule has 0 spiro atoms. The van der Waals surface area contributed by atoms with Crippen LogP contribution >= 0.6 is 0 Å². The van der Waals surface area contributed by atoms with E-state index in [9.17, 15) is 9.59 Å². The molecule has 0 saturated carbocycles. The van der Waals surface area contributed by atoms with Gasteiger partial charge in [-0.05, 0) is 31.4 Å². The van der Waals surface area contributed by atoms with Crippen molar-refractivity contribution < 1.29 is 14.3 Å². The maximum Gasteiger partial charge on any atom is 0.331 e. The Morgan fingerprint density at radius 3 is 2.62 bits per heavy atom. The van der Waals surface area contributed by atoms with Crippen LogP contribution in [-0.4, -0.2) is 24.5 Å². The van der Waals surface area contributed by atoms with Gasteiger partial charge in [0.15, 0.2) is 6.61 Å². The molecule has 114 valence electrons. The largest absolute Gasteiger partial charge is 0.452 e. The summed E-state index contributed by atoms with van der Waals surface area (Å²) in [6.07, 6.45) is 3.00. The van der Waals surface area contributed by atoms with Gasteiger partial charge in [0.1, 0.15) is 0 Å². The average Bonchev–Trinajstić information content (AvgIpc) is 2.42. The minimum absolute atomic E-state index is 0.0547. The van der Waals surface area contributed by atoms with Gasteiger partial charge in [-0.2, -0.15) is 0 Å². The van der Waals surface area contributed by atoms with Crippen LogP contribution in [0.3, 0.4) is 0 Å². The van der Waals surface area contributed by atoms with E-state index in [4.69, 9.17) is 4.74 Å². The van der Waals surface area contributed by atoms with Gasteiger partial charge in [-0.25, -0.2) is 4.79 Å². The molecular weight excluding hydrogens is 266 g/mol. The van der Waals surface area contributed by atoms with E-state index in [-0.39, 0.29) is 18.6 Å². The Balaban J connectivity index is 2.39. The Labute approximate surface area is 126 Å². The van der Waals surface area contributed by atoms with Crippen LogP contribution in [0.2, 0.25) is 0 Å². The number of benzene rings is 1. The third-order valence-electron chi connectivity index (χ3n) is 3.19. The van der Waals surface area contributed by atoms with Gasteiger partial charge < -0.3 is 10.1 Å². The van der Waals surface area contributed by atoms with Crippen LogP contribution in [0.1, 0.15) is 31.9 Å². The molecule has 0 bridgehead atoms. The van der Waals surface area contributed by atoms with Crippen molar-refractivity contribution in [2.75, 3.05) is 6.61 Å². The van der Waals surface area contributed by atoms with E-state index >= 15 is 0 Å². The first-order valence-electron chi connectivity index (χ1n) is 7.09. The normalized spacial score (nSPS) is 12.4. The van der Waals surface area contributed by atoms with E-state index in [1.165, 1.54) is 6.08 Å². The zero-order valence-corrected chi connectivity index (χ0v) is 13.1. The minimum Gasteiger partial charge on any atom is -0.452 e. The van der Waals surface area contributed by atoms with Crippen molar-refractivity contribution in [3.8, 4) is 0 Å². The van der Waals surface area contributed by atoms with Gasteiger partial charge in [0.05, 0.1) is 0 Å². The number of carbonyl (C=O) groups excluding carboxylic acids is 2. The number of aryl methyl sites for hydroxylation is 1. The molecule has 0 radical (unpaired) electrons. The predicted octanol–water partition coefficient (Wildman–Crippen LogP) is 2.71. The van der Waals surface area contributed by atoms with Crippen LogP contribution in [0.5, 0.6) is 0 Å². The van der Waals surface area contributed by atoms with Gasteiger partial charge in [-0.3, -0.25) is 4.79 Å². The van der Waals surface area contributed by atoms with Crippen LogP contribution in [0.4, 0.5) is 0 Å². The maximum atomic E-state index is 11.6. The second kappa shape index (κ2) is 8.25. The summed E-state index contributed by atoms with van der Waals surface area (Å²) in [5.41, 5.74) is 2.04. The molecule has 1 atom stereocenters. The molecule has 0 heterocycles. The molecule has 0 aliphatic heterocycles. The van der Waals surface area contributed by atoms with Crippen molar-refractivity contribution in [3.63, 3.8) is 0 Å². The molecule has 4 heteroatoms. The van der Waals surface area contributed by atoms with E-state index in [0.29, 0.717) is 5.92 Å². The second-order valence-corrected chi connectivity index (χ2v) is 5.46. The smallest absolute Gasteiger partial charge is 0.331 e. The van der Waals surface area contributed by atoms with E-state index in [2.05, 4.69) is 5.32 Å². The van der Waals surface area contributed by atoms with Crippen LogP contribution in [0.15, 0.2) is 30.3 Å². The number of rotatable bonds is 6. The van der Waals surface area contributed by atoms with E-state index < -0.39 is 5.97 Å². The second-order valence-electron chi connectivity index (χ2n) is 5.46. The lowest BCUT2D eigenvalue weighted by molar-refractivity contribution is -0.144. The molecule has 1 aromatic carbocycles. The number of esters is 1. The number of nitrogens with one attached hydrogen (secondary N) is 1. The van der Waals surface area contributed by atoms with Crippen molar-refractivity contribution in [1.82, 2.24) is 5.32 Å². The van der Waals surface area contributed by atoms with Gasteiger partial charge in [-0.15, -0.1) is 0 Å². The van der Waals surface area contributed by atoms with Gasteiger partial charge in [0.25, 0.3) is 5.91 Å². The molecule has 0 aliphatic carbocycles. The quantitative estimate of drug-likeness (QED) is 0.647. The topological polar surface area (TPSA) is 55.4 Å². The predicted molar refractivity (Wildman–Crippen MR) is 83.6 cm³/mol. The Morgan fingerprint density at radius 1 is 1.29 bits per heavy atom. The first-order chi connectivity index (χ1) is 9.88. The van der Waals surface area contributed by atoms with Crippen LogP contribution in [0, 0.1) is 12.8 Å². The van der Waals surface area contributed by atoms with Crippen LogP contribution < -0.4 is 5.32 Å². The Bertz CT molecular complexity index is 521. The SMILES string of the molecule is Cc1cccc(/C=C/C(=O)OCC(=O)N[C@@H](C)C(C)C)c1. The summed E-state index contributed by atoms with van der Waals surface area (Å²) < 4.78 is 4.90. The van der Waals surface area contributed by atoms with Crippen LogP contribution in [-0.2, 0) is 14.3 Å². The molecule has 1 rings (SSSR count). The molecule has 0 aromatic heterocycles. The molecule has 21 heavy (non-hydrogen) atoms. The Kier molecular flexibility index (Phi) is 6.66. The molecule has 4 nitrogen and oxygen atoms in total. The molecule has 0 unspecified atom stereocenters. The fourth-order valence-corrected chi connectivity index (χ4v) is 1.59. The van der Waals surface area contributed by atoms with Gasteiger partial charge in [0, 0.05) is 12.1 Å². The Hall–Kier alpha value is -2.10. The van der Waals surface area contributed by atoms with Gasteiger partial charge >= 0.3 is 5.97 Å². The van der Waals surface area contributed by atoms with Crippen molar-refractivity contribution in [3.05, 3.63) is 41.5 Å². The van der Waals surface area contributed by atoms with Crippen molar-refractivity contribution in [2.24, 2.45) is 5.92 Å². The summed E-state index contributed by atoms with van der Waals surface area (Å²) in [6, 6.07) is 7.81. The summed E-state index contributed by atoms with van der Waals surface area (Å²) in [6.45, 7) is 7.68. The number of carbonyl (C=O) groups is 2. The lowest BCUT2D eigenvalue weighted by Gasteiger charge is -2.16. The zero-order chi connectivity index (χ0) is 15.8. The first kappa shape index (κ1) is 17.0. The third-order valence-corrected chi connectivity index (χ3v) is 3.19. The molecule has 1 N–H and O–H groups in total. The maximum absolute atomic E-state index is 11.6. The molecule has 0 aliphatic rings. The first-order valence-corrected chi connectivity index (χ1v) is 7.09. The van der Waals surface area contributed by atoms with Gasteiger partial charge in [0.2, 0.25) is 0 Å². The summed E-state index contributed by atoms with van der Waals surface area (Å²) in [5.74, 6) is -0.469. The highest BCUT2D eigenvalue weighted by Crippen LogP contribution is 2.05. The molecule has 0 fully saturated rings. The molecular formula is C17H23NO3. The number of hydrogen-bond donors (Lipinski definition) is 1. The standard InChI is InChI=1S/C17H23NO3/c1-12(2)14(4)18-16(19)11-21-17(20)9-8-15-7-5-6-13(3)10-15/h5-10,12,14H,11H2,1-4H3,(H,18,19)/b9-8+/t14-/m0/s1. The average molecular weight is 289 g/mol. The lowest BCUT2D eigenvalue weighted by atomic mass is 10.1. The van der Waals surface area contributed by atoms with Crippen LogP contribution in [0.25, 0.3) is 6.08 Å². The fraction of sp³-hybridized carbons (Fsp3) is 0.412. The van der Waals surface area contributed by atoms with Crippen molar-refractivity contribution in [1.29, 1.82) is 0 Å². The summed E-state index contributed by atoms with van der Waals surface area (Å²) in [4.78, 5) is 23.1. The lowest BCUT2D eigenvalue weighted by Crippen LogP contribution is -2.38. The van der Waals surface area contributed by atoms with E-state index in [0.717, 1.165) is 11.1 Å². The highest BCUT2D eigenvalue weighted by molar-refractivity contribution is 5.89. The van der Waals surface area contributed by atoms with E-state index in [1.54, 1.807) is 6.08 Å². The van der Waals surface area contributed by atoms with Crippen molar-refractivity contribution >= 4 is 18.0 Å². The minimum atomic E-state index is -0.524. The third kappa shape index (κ3) is 6.75. The summed E-state index contributed by atoms with van der Waals surface area (Å²) in [7, 11) is 0. The molecule has 0 saturated heterocycles. The number of hydrogen-bond acceptors (Lipinski definition) is 3. The van der Waals surface area contributed by atoms with Gasteiger partial charge in [-0.1, -0.05) is 43.7 Å². The number of ether oxygens (including phenoxy) is 1. The monoisotopic (exact) mass is 289 g/mol. The molecule has 1 aromatic rings. The summed E-state index contributed by atoms with van der Waals surface area (Å²) >= 11 is 0. The van der Waals surface area contributed by atoms with Crippen molar-refractivity contribution in [2.45, 2.75) is 33.7 Å². The molecule has 1 amide bonds. The summed E-state index contributed by atoms with van der Waals surface area (Å²) in [5, 5.41) is 2.78.